The molecule has 0 saturated carbocycles. The summed E-state index contributed by atoms with van der Waals surface area (Å²) in [6.07, 6.45) is 0. The van der Waals surface area contributed by atoms with Gasteiger partial charge in [-0.15, -0.1) is 0 Å². The number of hydrogen-bond acceptors (Lipinski definition) is 3. The minimum absolute atomic E-state index is 0.119. The zero-order valence-electron chi connectivity index (χ0n) is 11.7. The van der Waals surface area contributed by atoms with E-state index >= 15 is 0 Å². The first-order chi connectivity index (χ1) is 8.54. The Bertz CT molecular complexity index is 373. The third-order valence-corrected chi connectivity index (χ3v) is 2.82. The lowest BCUT2D eigenvalue weighted by molar-refractivity contribution is -0.129. The van der Waals surface area contributed by atoms with Gasteiger partial charge in [-0.1, -0.05) is 19.1 Å². The second kappa shape index (κ2) is 7.01. The maximum absolute atomic E-state index is 11.7. The molecule has 100 valence electrons. The van der Waals surface area contributed by atoms with Crippen LogP contribution in [-0.4, -0.2) is 45.0 Å². The third kappa shape index (κ3) is 4.37. The highest BCUT2D eigenvalue weighted by molar-refractivity contribution is 5.77. The molecule has 0 bridgehead atoms. The van der Waals surface area contributed by atoms with Crippen LogP contribution in [0.25, 0.3) is 0 Å². The van der Waals surface area contributed by atoms with Crippen molar-refractivity contribution in [2.24, 2.45) is 0 Å². The highest BCUT2D eigenvalue weighted by Gasteiger charge is 2.08. The van der Waals surface area contributed by atoms with Gasteiger partial charge in [0.2, 0.25) is 5.91 Å². The fourth-order valence-electron chi connectivity index (χ4n) is 1.63. The normalized spacial score (nSPS) is 10.2. The maximum Gasteiger partial charge on any atom is 0.236 e. The zero-order chi connectivity index (χ0) is 13.5. The Morgan fingerprint density at radius 1 is 1.17 bits per heavy atom. The Morgan fingerprint density at radius 3 is 2.28 bits per heavy atom. The molecule has 0 radical (unpaired) electrons. The minimum Gasteiger partial charge on any atom is -0.378 e. The number of carbonyl (C=O) groups excluding carboxylic acids is 1. The van der Waals surface area contributed by atoms with Crippen LogP contribution in [0.15, 0.2) is 24.3 Å². The van der Waals surface area contributed by atoms with Gasteiger partial charge in [0.15, 0.2) is 0 Å². The fourth-order valence-corrected chi connectivity index (χ4v) is 1.63. The van der Waals surface area contributed by atoms with Crippen LogP contribution in [0.4, 0.5) is 5.69 Å². The van der Waals surface area contributed by atoms with Crippen molar-refractivity contribution in [2.45, 2.75) is 13.5 Å². The number of rotatable bonds is 6. The van der Waals surface area contributed by atoms with Crippen molar-refractivity contribution >= 4 is 11.6 Å². The minimum atomic E-state index is 0.119. The van der Waals surface area contributed by atoms with Gasteiger partial charge < -0.3 is 15.1 Å². The Morgan fingerprint density at radius 2 is 1.78 bits per heavy atom. The lowest BCUT2D eigenvalue weighted by atomic mass is 10.2. The van der Waals surface area contributed by atoms with Crippen LogP contribution in [0.5, 0.6) is 0 Å². The molecule has 0 saturated heterocycles. The summed E-state index contributed by atoms with van der Waals surface area (Å²) >= 11 is 0. The van der Waals surface area contributed by atoms with Gasteiger partial charge in [-0.2, -0.15) is 0 Å². The van der Waals surface area contributed by atoms with E-state index in [0.717, 1.165) is 12.1 Å². The molecule has 0 spiro atoms. The second-order valence-electron chi connectivity index (χ2n) is 4.59. The Balaban J connectivity index is 2.53. The number of anilines is 1. The van der Waals surface area contributed by atoms with Crippen molar-refractivity contribution in [3.8, 4) is 0 Å². The molecule has 0 heterocycles. The molecule has 1 aromatic rings. The summed E-state index contributed by atoms with van der Waals surface area (Å²) < 4.78 is 0. The van der Waals surface area contributed by atoms with Crippen LogP contribution in [0.2, 0.25) is 0 Å². The number of nitrogens with one attached hydrogen (secondary N) is 1. The van der Waals surface area contributed by atoms with E-state index in [1.54, 1.807) is 4.90 Å². The van der Waals surface area contributed by atoms with Crippen molar-refractivity contribution in [3.05, 3.63) is 29.8 Å². The van der Waals surface area contributed by atoms with Crippen molar-refractivity contribution < 1.29 is 4.79 Å². The average Bonchev–Trinajstić information content (AvgIpc) is 2.36. The molecule has 0 unspecified atom stereocenters. The van der Waals surface area contributed by atoms with E-state index in [2.05, 4.69) is 34.5 Å². The van der Waals surface area contributed by atoms with E-state index in [-0.39, 0.29) is 5.91 Å². The summed E-state index contributed by atoms with van der Waals surface area (Å²) in [7, 11) is 5.86. The summed E-state index contributed by atoms with van der Waals surface area (Å²) in [5.41, 5.74) is 2.31. The maximum atomic E-state index is 11.7. The lowest BCUT2D eigenvalue weighted by Gasteiger charge is -2.18. The molecule has 0 aliphatic heterocycles. The van der Waals surface area contributed by atoms with Crippen molar-refractivity contribution in [1.29, 1.82) is 0 Å². The van der Waals surface area contributed by atoms with Gasteiger partial charge in [0.1, 0.15) is 0 Å². The van der Waals surface area contributed by atoms with Crippen LogP contribution in [0.1, 0.15) is 12.5 Å². The summed E-state index contributed by atoms with van der Waals surface area (Å²) in [5.74, 6) is 0.119. The Kier molecular flexibility index (Phi) is 5.65. The van der Waals surface area contributed by atoms with Gasteiger partial charge in [-0.05, 0) is 24.2 Å². The molecule has 4 heteroatoms. The number of likely N-dealkylation sites (N-methyl/N-ethyl adjacent to an activating group) is 2. The number of benzene rings is 1. The summed E-state index contributed by atoms with van der Waals surface area (Å²) in [6, 6.07) is 8.26. The van der Waals surface area contributed by atoms with Crippen LogP contribution in [-0.2, 0) is 11.3 Å². The molecule has 18 heavy (non-hydrogen) atoms. The summed E-state index contributed by atoms with van der Waals surface area (Å²) in [6.45, 7) is 3.87. The van der Waals surface area contributed by atoms with E-state index in [0.29, 0.717) is 13.1 Å². The standard InChI is InChI=1S/C14H23N3O/c1-5-15-10-14(18)17(4)11-12-6-8-13(9-7-12)16(2)3/h6-9,15H,5,10-11H2,1-4H3. The first-order valence-corrected chi connectivity index (χ1v) is 6.25. The molecule has 1 amide bonds. The first-order valence-electron chi connectivity index (χ1n) is 6.25. The Hall–Kier alpha value is -1.55. The van der Waals surface area contributed by atoms with E-state index in [1.165, 1.54) is 5.69 Å². The molecular weight excluding hydrogens is 226 g/mol. The van der Waals surface area contributed by atoms with Gasteiger partial charge in [-0.25, -0.2) is 0 Å². The summed E-state index contributed by atoms with van der Waals surface area (Å²) in [5, 5.41) is 3.04. The molecule has 0 fully saturated rings. The predicted molar refractivity (Wildman–Crippen MR) is 75.8 cm³/mol. The SMILES string of the molecule is CCNCC(=O)N(C)Cc1ccc(N(C)C)cc1. The fraction of sp³-hybridized carbons (Fsp3) is 0.500. The van der Waals surface area contributed by atoms with Crippen LogP contribution in [0, 0.1) is 0 Å². The quantitative estimate of drug-likeness (QED) is 0.826. The third-order valence-electron chi connectivity index (χ3n) is 2.82. The second-order valence-corrected chi connectivity index (χ2v) is 4.59. The van der Waals surface area contributed by atoms with E-state index in [9.17, 15) is 4.79 Å². The highest BCUT2D eigenvalue weighted by Crippen LogP contribution is 2.13. The first kappa shape index (κ1) is 14.5. The Labute approximate surface area is 110 Å². The van der Waals surface area contributed by atoms with Gasteiger partial charge >= 0.3 is 0 Å². The van der Waals surface area contributed by atoms with Gasteiger partial charge in [0.05, 0.1) is 6.54 Å². The van der Waals surface area contributed by atoms with Crippen molar-refractivity contribution in [3.63, 3.8) is 0 Å². The van der Waals surface area contributed by atoms with Gasteiger partial charge in [-0.3, -0.25) is 4.79 Å². The van der Waals surface area contributed by atoms with E-state index in [1.807, 2.05) is 28.1 Å². The van der Waals surface area contributed by atoms with Gasteiger partial charge in [0, 0.05) is 33.4 Å². The van der Waals surface area contributed by atoms with Crippen LogP contribution < -0.4 is 10.2 Å². The molecule has 1 rings (SSSR count). The number of carbonyl (C=O) groups is 1. The zero-order valence-corrected chi connectivity index (χ0v) is 11.7. The van der Waals surface area contributed by atoms with Crippen molar-refractivity contribution in [1.82, 2.24) is 10.2 Å². The molecule has 0 aliphatic carbocycles. The average molecular weight is 249 g/mol. The number of nitrogens with zero attached hydrogens (tertiary/aromatic N) is 2. The largest absolute Gasteiger partial charge is 0.378 e. The van der Waals surface area contributed by atoms with Crippen molar-refractivity contribution in [2.75, 3.05) is 39.1 Å². The number of hydrogen-bond donors (Lipinski definition) is 1. The molecule has 1 N–H and O–H groups in total. The molecule has 4 nitrogen and oxygen atoms in total. The molecular formula is C14H23N3O. The van der Waals surface area contributed by atoms with Gasteiger partial charge in [0.25, 0.3) is 0 Å². The summed E-state index contributed by atoms with van der Waals surface area (Å²) in [4.78, 5) is 15.5. The number of amides is 1. The molecule has 0 atom stereocenters. The predicted octanol–water partition coefficient (Wildman–Crippen LogP) is 1.32. The molecule has 0 aliphatic rings. The molecule has 0 aromatic heterocycles. The lowest BCUT2D eigenvalue weighted by Crippen LogP contribution is -2.35. The monoisotopic (exact) mass is 249 g/mol. The van der Waals surface area contributed by atoms with E-state index in [4.69, 9.17) is 0 Å². The highest BCUT2D eigenvalue weighted by atomic mass is 16.2. The van der Waals surface area contributed by atoms with Crippen LogP contribution >= 0.6 is 0 Å². The van der Waals surface area contributed by atoms with E-state index < -0.39 is 0 Å². The smallest absolute Gasteiger partial charge is 0.236 e. The topological polar surface area (TPSA) is 35.6 Å². The molecule has 1 aromatic carbocycles. The van der Waals surface area contributed by atoms with Crippen LogP contribution in [0.3, 0.4) is 0 Å².